The molecule has 1 saturated heterocycles. The van der Waals surface area contributed by atoms with Crippen molar-refractivity contribution in [3.8, 4) is 0 Å². The Morgan fingerprint density at radius 2 is 2.19 bits per heavy atom. The molecular weight excluding hydrogens is 290 g/mol. The van der Waals surface area contributed by atoms with Crippen LogP contribution in [-0.4, -0.2) is 40.8 Å². The minimum absolute atomic E-state index is 0.120. The van der Waals surface area contributed by atoms with Crippen LogP contribution in [0.1, 0.15) is 18.6 Å². The molecule has 6 heteroatoms. The Morgan fingerprint density at radius 1 is 1.48 bits per heavy atom. The maximum absolute atomic E-state index is 11.9. The largest absolute Gasteiger partial charge is 0.463 e. The second kappa shape index (κ2) is 7.28. The van der Waals surface area contributed by atoms with Gasteiger partial charge in [-0.1, -0.05) is 42.1 Å². The molecule has 1 amide bonds. The van der Waals surface area contributed by atoms with Crippen LogP contribution >= 0.6 is 11.8 Å². The Morgan fingerprint density at radius 3 is 2.86 bits per heavy atom. The van der Waals surface area contributed by atoms with Gasteiger partial charge in [-0.3, -0.25) is 4.79 Å². The van der Waals surface area contributed by atoms with Gasteiger partial charge in [-0.15, -0.1) is 0 Å². The third-order valence-corrected chi connectivity index (χ3v) is 4.00. The topological polar surface area (TPSA) is 66.8 Å². The second-order valence-corrected chi connectivity index (χ2v) is 5.45. The van der Waals surface area contributed by atoms with Gasteiger partial charge >= 0.3 is 5.97 Å². The first-order chi connectivity index (χ1) is 10.1. The van der Waals surface area contributed by atoms with Gasteiger partial charge < -0.3 is 14.7 Å². The molecule has 1 N–H and O–H groups in total. The Hall–Kier alpha value is -1.79. The molecule has 0 saturated carbocycles. The molecule has 1 aromatic rings. The lowest BCUT2D eigenvalue weighted by molar-refractivity contribution is -0.137. The van der Waals surface area contributed by atoms with Gasteiger partial charge in [0.1, 0.15) is 0 Å². The van der Waals surface area contributed by atoms with Crippen LogP contribution in [0.4, 0.5) is 0 Å². The zero-order valence-corrected chi connectivity index (χ0v) is 12.5. The van der Waals surface area contributed by atoms with E-state index in [-0.39, 0.29) is 24.8 Å². The molecule has 112 valence electrons. The van der Waals surface area contributed by atoms with Crippen LogP contribution in [-0.2, 0) is 14.3 Å². The van der Waals surface area contributed by atoms with Crippen LogP contribution in [0.5, 0.6) is 0 Å². The summed E-state index contributed by atoms with van der Waals surface area (Å²) in [4.78, 5) is 24.8. The summed E-state index contributed by atoms with van der Waals surface area (Å²) < 4.78 is 4.85. The first kappa shape index (κ1) is 15.6. The van der Waals surface area contributed by atoms with Gasteiger partial charge in [0.2, 0.25) is 5.91 Å². The summed E-state index contributed by atoms with van der Waals surface area (Å²) in [6.07, 6.45) is 0.510. The maximum atomic E-state index is 11.9. The van der Waals surface area contributed by atoms with E-state index in [1.54, 1.807) is 19.1 Å². The second-order valence-electron chi connectivity index (χ2n) is 4.45. The quantitative estimate of drug-likeness (QED) is 0.662. The highest BCUT2D eigenvalue weighted by atomic mass is 32.2. The number of amides is 1. The van der Waals surface area contributed by atoms with Crippen molar-refractivity contribution in [2.24, 2.45) is 0 Å². The average molecular weight is 307 g/mol. The number of ether oxygens (including phenoxy) is 1. The summed E-state index contributed by atoms with van der Waals surface area (Å²) in [6.45, 7) is 2.13. The number of rotatable bonds is 5. The van der Waals surface area contributed by atoms with E-state index in [4.69, 9.17) is 4.74 Å². The lowest BCUT2D eigenvalue weighted by atomic mass is 10.1. The zero-order valence-electron chi connectivity index (χ0n) is 11.7. The highest BCUT2D eigenvalue weighted by molar-refractivity contribution is 8.04. The molecule has 1 heterocycles. The summed E-state index contributed by atoms with van der Waals surface area (Å²) in [7, 11) is 0. The number of thioether (sulfide) groups is 1. The monoisotopic (exact) mass is 307 g/mol. The van der Waals surface area contributed by atoms with Gasteiger partial charge in [-0.05, 0) is 12.5 Å². The van der Waals surface area contributed by atoms with Gasteiger partial charge in [0, 0.05) is 0 Å². The normalized spacial score (nSPS) is 18.1. The average Bonchev–Trinajstić information content (AvgIpc) is 2.81. The van der Waals surface area contributed by atoms with Crippen LogP contribution in [0.15, 0.2) is 41.4 Å². The van der Waals surface area contributed by atoms with Gasteiger partial charge in [0.15, 0.2) is 0 Å². The van der Waals surface area contributed by atoms with E-state index in [1.165, 1.54) is 22.7 Å². The SMILES string of the molecule is CCOC(=O)/C=C1\SCC(=O)N1C[C@@H](O)c1ccccc1. The number of β-amino-alcohol motifs (C(OH)–C–C–N with tert-alkyl or cyclic N) is 1. The summed E-state index contributed by atoms with van der Waals surface area (Å²) in [6, 6.07) is 9.11. The van der Waals surface area contributed by atoms with Gasteiger partial charge in [-0.2, -0.15) is 0 Å². The Bertz CT molecular complexity index is 544. The molecule has 0 aliphatic carbocycles. The fourth-order valence-electron chi connectivity index (χ4n) is 1.96. The van der Waals surface area contributed by atoms with Crippen LogP contribution in [0.2, 0.25) is 0 Å². The first-order valence-electron chi connectivity index (χ1n) is 6.66. The Balaban J connectivity index is 2.09. The van der Waals surface area contributed by atoms with E-state index < -0.39 is 12.1 Å². The number of carbonyl (C=O) groups excluding carboxylic acids is 2. The van der Waals surface area contributed by atoms with Crippen molar-refractivity contribution in [2.75, 3.05) is 18.9 Å². The van der Waals surface area contributed by atoms with Crippen molar-refractivity contribution in [1.29, 1.82) is 0 Å². The smallest absolute Gasteiger partial charge is 0.333 e. The number of hydrogen-bond acceptors (Lipinski definition) is 5. The van der Waals surface area contributed by atoms with Crippen LogP contribution in [0.25, 0.3) is 0 Å². The molecule has 1 fully saturated rings. The fraction of sp³-hybridized carbons (Fsp3) is 0.333. The van der Waals surface area contributed by atoms with Crippen LogP contribution < -0.4 is 0 Å². The molecule has 5 nitrogen and oxygen atoms in total. The predicted octanol–water partition coefficient (Wildman–Crippen LogP) is 1.70. The van der Waals surface area contributed by atoms with Crippen molar-refractivity contribution < 1.29 is 19.4 Å². The third kappa shape index (κ3) is 4.09. The molecule has 1 aromatic carbocycles. The minimum atomic E-state index is -0.792. The number of carbonyl (C=O) groups is 2. The zero-order chi connectivity index (χ0) is 15.2. The van der Waals surface area contributed by atoms with E-state index in [1.807, 2.05) is 18.2 Å². The molecule has 0 aromatic heterocycles. The third-order valence-electron chi connectivity index (χ3n) is 2.98. The van der Waals surface area contributed by atoms with Crippen LogP contribution in [0, 0.1) is 0 Å². The van der Waals surface area contributed by atoms with Crippen LogP contribution in [0.3, 0.4) is 0 Å². The van der Waals surface area contributed by atoms with E-state index in [0.29, 0.717) is 5.03 Å². The summed E-state index contributed by atoms with van der Waals surface area (Å²) >= 11 is 1.28. The molecule has 21 heavy (non-hydrogen) atoms. The van der Waals surface area contributed by atoms with Gasteiger partial charge in [0.25, 0.3) is 0 Å². The first-order valence-corrected chi connectivity index (χ1v) is 7.65. The minimum Gasteiger partial charge on any atom is -0.463 e. The fourth-order valence-corrected chi connectivity index (χ4v) is 2.90. The summed E-state index contributed by atoms with van der Waals surface area (Å²) in [5.74, 6) is -0.327. The summed E-state index contributed by atoms with van der Waals surface area (Å²) in [5, 5.41) is 10.7. The van der Waals surface area contributed by atoms with Gasteiger partial charge in [-0.25, -0.2) is 4.79 Å². The standard InChI is InChI=1S/C15H17NO4S/c1-2-20-15(19)8-14-16(13(18)10-21-14)9-12(17)11-6-4-3-5-7-11/h3-8,12,17H,2,9-10H2,1H3/b14-8-/t12-/m1/s1. The maximum Gasteiger partial charge on any atom is 0.333 e. The number of esters is 1. The molecule has 0 unspecified atom stereocenters. The Kier molecular flexibility index (Phi) is 5.41. The predicted molar refractivity (Wildman–Crippen MR) is 80.3 cm³/mol. The Labute approximate surface area is 127 Å². The molecule has 0 spiro atoms. The van der Waals surface area contributed by atoms with Gasteiger partial charge in [0.05, 0.1) is 36.1 Å². The van der Waals surface area contributed by atoms with E-state index >= 15 is 0 Å². The molecule has 1 aliphatic heterocycles. The number of aliphatic hydroxyl groups is 1. The van der Waals surface area contributed by atoms with Crippen molar-refractivity contribution in [2.45, 2.75) is 13.0 Å². The molecule has 1 atom stereocenters. The van der Waals surface area contributed by atoms with Crippen molar-refractivity contribution in [3.05, 3.63) is 47.0 Å². The molecule has 1 aliphatic rings. The van der Waals surface area contributed by atoms with E-state index in [0.717, 1.165) is 5.56 Å². The molecular formula is C15H17NO4S. The number of hydrogen-bond donors (Lipinski definition) is 1. The lowest BCUT2D eigenvalue weighted by Crippen LogP contribution is -2.29. The number of benzene rings is 1. The molecule has 0 bridgehead atoms. The van der Waals surface area contributed by atoms with E-state index in [9.17, 15) is 14.7 Å². The van der Waals surface area contributed by atoms with Crippen molar-refractivity contribution in [3.63, 3.8) is 0 Å². The highest BCUT2D eigenvalue weighted by Crippen LogP contribution is 2.30. The summed E-state index contributed by atoms with van der Waals surface area (Å²) in [5.41, 5.74) is 0.734. The number of aliphatic hydroxyl groups excluding tert-OH is 1. The molecule has 0 radical (unpaired) electrons. The van der Waals surface area contributed by atoms with Crippen molar-refractivity contribution >= 4 is 23.6 Å². The number of nitrogens with zero attached hydrogens (tertiary/aromatic N) is 1. The van der Waals surface area contributed by atoms with E-state index in [2.05, 4.69) is 0 Å². The highest BCUT2D eigenvalue weighted by Gasteiger charge is 2.29. The lowest BCUT2D eigenvalue weighted by Gasteiger charge is -2.21. The van der Waals surface area contributed by atoms with Crippen molar-refractivity contribution in [1.82, 2.24) is 4.90 Å². The molecule has 2 rings (SSSR count).